The van der Waals surface area contributed by atoms with Crippen molar-refractivity contribution in [3.63, 3.8) is 0 Å². The van der Waals surface area contributed by atoms with Crippen molar-refractivity contribution in [1.29, 1.82) is 0 Å². The zero-order chi connectivity index (χ0) is 12.5. The molecule has 2 atom stereocenters. The summed E-state index contributed by atoms with van der Waals surface area (Å²) in [5.41, 5.74) is 5.89. The van der Waals surface area contributed by atoms with Crippen molar-refractivity contribution in [2.24, 2.45) is 11.7 Å². The van der Waals surface area contributed by atoms with Crippen LogP contribution in [-0.2, 0) is 14.3 Å². The topological polar surface area (TPSA) is 73.6 Å². The van der Waals surface area contributed by atoms with Crippen molar-refractivity contribution in [2.45, 2.75) is 51.0 Å². The summed E-state index contributed by atoms with van der Waals surface area (Å²) in [6, 6.07) is 0.0205. The van der Waals surface area contributed by atoms with Crippen LogP contribution in [0.2, 0.25) is 0 Å². The van der Waals surface area contributed by atoms with Crippen LogP contribution < -0.4 is 11.1 Å². The Bertz CT molecular complexity index is 289. The van der Waals surface area contributed by atoms with E-state index in [0.29, 0.717) is 25.5 Å². The highest BCUT2D eigenvalue weighted by Crippen LogP contribution is 2.32. The van der Waals surface area contributed by atoms with Gasteiger partial charge >= 0.3 is 0 Å². The lowest BCUT2D eigenvalue weighted by atomic mass is 10.1. The second-order valence-electron chi connectivity index (χ2n) is 5.46. The van der Waals surface area contributed by atoms with E-state index < -0.39 is 5.79 Å². The molecule has 0 aromatic heterocycles. The number of hydrogen-bond acceptors (Lipinski definition) is 4. The van der Waals surface area contributed by atoms with E-state index in [4.69, 9.17) is 15.2 Å². The van der Waals surface area contributed by atoms with Crippen molar-refractivity contribution in [3.05, 3.63) is 0 Å². The fraction of sp³-hybridized carbons (Fsp3) is 0.917. The number of nitrogens with two attached hydrogens (primary N) is 1. The smallest absolute Gasteiger partial charge is 0.221 e. The first-order valence-electron chi connectivity index (χ1n) is 6.30. The first-order chi connectivity index (χ1) is 7.96. The lowest BCUT2D eigenvalue weighted by Crippen LogP contribution is -2.38. The Morgan fingerprint density at radius 1 is 1.53 bits per heavy atom. The third-order valence-electron chi connectivity index (χ3n) is 3.24. The fourth-order valence-electron chi connectivity index (χ4n) is 2.07. The quantitative estimate of drug-likeness (QED) is 0.731. The van der Waals surface area contributed by atoms with Crippen LogP contribution in [0.15, 0.2) is 0 Å². The Hall–Kier alpha value is -0.650. The molecule has 2 unspecified atom stereocenters. The van der Waals surface area contributed by atoms with Gasteiger partial charge in [0.1, 0.15) is 6.10 Å². The molecule has 5 nitrogen and oxygen atoms in total. The predicted octanol–water partition coefficient (Wildman–Crippen LogP) is 0.382. The molecule has 0 aromatic rings. The lowest BCUT2D eigenvalue weighted by Gasteiger charge is -2.17. The monoisotopic (exact) mass is 242 g/mol. The van der Waals surface area contributed by atoms with Gasteiger partial charge in [-0.15, -0.1) is 0 Å². The van der Waals surface area contributed by atoms with E-state index in [-0.39, 0.29) is 18.1 Å². The van der Waals surface area contributed by atoms with Crippen molar-refractivity contribution >= 4 is 5.91 Å². The van der Waals surface area contributed by atoms with E-state index in [9.17, 15) is 4.79 Å². The highest BCUT2D eigenvalue weighted by atomic mass is 16.7. The molecule has 0 spiro atoms. The molecule has 5 heteroatoms. The number of carbonyl (C=O) groups is 1. The number of nitrogens with one attached hydrogen (secondary N) is 1. The third-order valence-corrected chi connectivity index (χ3v) is 3.24. The van der Waals surface area contributed by atoms with E-state index in [0.717, 1.165) is 0 Å². The minimum Gasteiger partial charge on any atom is -0.353 e. The second-order valence-corrected chi connectivity index (χ2v) is 5.46. The van der Waals surface area contributed by atoms with Crippen LogP contribution in [0.5, 0.6) is 0 Å². The summed E-state index contributed by atoms with van der Waals surface area (Å²) in [5.74, 6) is 0.0447. The Morgan fingerprint density at radius 3 is 2.76 bits per heavy atom. The second kappa shape index (κ2) is 4.92. The number of amides is 1. The zero-order valence-corrected chi connectivity index (χ0v) is 10.6. The van der Waals surface area contributed by atoms with E-state index in [1.807, 2.05) is 13.8 Å². The summed E-state index contributed by atoms with van der Waals surface area (Å²) < 4.78 is 11.0. The van der Waals surface area contributed by atoms with E-state index in [1.165, 1.54) is 12.8 Å². The van der Waals surface area contributed by atoms with Gasteiger partial charge in [0.05, 0.1) is 6.61 Å². The van der Waals surface area contributed by atoms with Gasteiger partial charge in [-0.25, -0.2) is 0 Å². The molecule has 1 aliphatic carbocycles. The molecule has 1 saturated heterocycles. The molecule has 1 saturated carbocycles. The van der Waals surface area contributed by atoms with Crippen LogP contribution in [0.4, 0.5) is 0 Å². The molecule has 2 aliphatic rings. The molecular formula is C12H22N2O3. The minimum atomic E-state index is -0.528. The Labute approximate surface area is 102 Å². The van der Waals surface area contributed by atoms with Crippen LogP contribution in [0, 0.1) is 5.92 Å². The Morgan fingerprint density at radius 2 is 2.24 bits per heavy atom. The van der Waals surface area contributed by atoms with E-state index in [1.54, 1.807) is 0 Å². The molecule has 1 aliphatic heterocycles. The molecule has 2 rings (SSSR count). The Balaban J connectivity index is 1.63. The zero-order valence-electron chi connectivity index (χ0n) is 10.6. The van der Waals surface area contributed by atoms with Gasteiger partial charge in [-0.2, -0.15) is 0 Å². The van der Waals surface area contributed by atoms with Gasteiger partial charge in [-0.05, 0) is 32.6 Å². The minimum absolute atomic E-state index is 0.0118. The number of ether oxygens (including phenoxy) is 2. The van der Waals surface area contributed by atoms with Crippen molar-refractivity contribution in [3.8, 4) is 0 Å². The molecule has 1 heterocycles. The summed E-state index contributed by atoms with van der Waals surface area (Å²) in [6.45, 7) is 4.78. The van der Waals surface area contributed by atoms with Gasteiger partial charge < -0.3 is 20.5 Å². The molecule has 1 amide bonds. The highest BCUT2D eigenvalue weighted by molar-refractivity contribution is 5.76. The SMILES string of the molecule is CC1(C)OCC(CNC(=O)CC(N)C2CC2)O1. The number of carbonyl (C=O) groups excluding carboxylic acids is 1. The average molecular weight is 242 g/mol. The summed E-state index contributed by atoms with van der Waals surface area (Å²) in [6.07, 6.45) is 2.71. The maximum atomic E-state index is 11.6. The first-order valence-corrected chi connectivity index (χ1v) is 6.30. The van der Waals surface area contributed by atoms with E-state index in [2.05, 4.69) is 5.32 Å². The van der Waals surface area contributed by atoms with Crippen molar-refractivity contribution in [2.75, 3.05) is 13.2 Å². The largest absolute Gasteiger partial charge is 0.353 e. The van der Waals surface area contributed by atoms with E-state index >= 15 is 0 Å². The first kappa shape index (κ1) is 12.8. The van der Waals surface area contributed by atoms with Crippen LogP contribution in [0.1, 0.15) is 33.1 Å². The van der Waals surface area contributed by atoms with Crippen molar-refractivity contribution < 1.29 is 14.3 Å². The van der Waals surface area contributed by atoms with Gasteiger partial charge in [0.15, 0.2) is 5.79 Å². The summed E-state index contributed by atoms with van der Waals surface area (Å²) in [4.78, 5) is 11.6. The van der Waals surface area contributed by atoms with Gasteiger partial charge in [0.25, 0.3) is 0 Å². The molecular weight excluding hydrogens is 220 g/mol. The van der Waals surface area contributed by atoms with Gasteiger partial charge in [-0.1, -0.05) is 0 Å². The third kappa shape index (κ3) is 3.94. The van der Waals surface area contributed by atoms with Crippen LogP contribution in [0.25, 0.3) is 0 Å². The lowest BCUT2D eigenvalue weighted by molar-refractivity contribution is -0.139. The van der Waals surface area contributed by atoms with Crippen LogP contribution in [0.3, 0.4) is 0 Å². The molecule has 0 radical (unpaired) electrons. The normalized spacial score (nSPS) is 29.0. The molecule has 3 N–H and O–H groups in total. The van der Waals surface area contributed by atoms with Gasteiger partial charge in [0.2, 0.25) is 5.91 Å². The summed E-state index contributed by atoms with van der Waals surface area (Å²) >= 11 is 0. The van der Waals surface area contributed by atoms with Gasteiger partial charge in [-0.3, -0.25) is 4.79 Å². The van der Waals surface area contributed by atoms with Gasteiger partial charge in [0, 0.05) is 19.0 Å². The van der Waals surface area contributed by atoms with Crippen molar-refractivity contribution in [1.82, 2.24) is 5.32 Å². The summed E-state index contributed by atoms with van der Waals surface area (Å²) in [7, 11) is 0. The molecule has 0 aromatic carbocycles. The maximum Gasteiger partial charge on any atom is 0.221 e. The molecule has 0 bridgehead atoms. The van der Waals surface area contributed by atoms with Crippen LogP contribution >= 0.6 is 0 Å². The van der Waals surface area contributed by atoms with Crippen LogP contribution in [-0.4, -0.2) is 37.0 Å². The maximum absolute atomic E-state index is 11.6. The fourth-order valence-corrected chi connectivity index (χ4v) is 2.07. The molecule has 2 fully saturated rings. The standard InChI is InChI=1S/C12H22N2O3/c1-12(2)16-7-9(17-12)6-14-11(15)5-10(13)8-3-4-8/h8-10H,3-7,13H2,1-2H3,(H,14,15). The Kier molecular flexibility index (Phi) is 3.70. The summed E-state index contributed by atoms with van der Waals surface area (Å²) in [5, 5.41) is 2.85. The molecule has 17 heavy (non-hydrogen) atoms. The number of hydrogen-bond donors (Lipinski definition) is 2. The predicted molar refractivity (Wildman–Crippen MR) is 63.2 cm³/mol. The average Bonchev–Trinajstić information content (AvgIpc) is 3.01. The highest BCUT2D eigenvalue weighted by Gasteiger charge is 2.33. The molecule has 98 valence electrons. The number of rotatable bonds is 5.